The van der Waals surface area contributed by atoms with Gasteiger partial charge in [-0.3, -0.25) is 4.79 Å². The molecule has 0 atom stereocenters. The van der Waals surface area contributed by atoms with Crippen LogP contribution in [0.1, 0.15) is 27.2 Å². The van der Waals surface area contributed by atoms with E-state index in [1.807, 2.05) is 50.2 Å². The Bertz CT molecular complexity index is 914. The van der Waals surface area contributed by atoms with Crippen molar-refractivity contribution in [2.24, 2.45) is 0 Å². The first kappa shape index (κ1) is 16.4. The van der Waals surface area contributed by atoms with Crippen LogP contribution in [0.2, 0.25) is 5.02 Å². The van der Waals surface area contributed by atoms with Crippen molar-refractivity contribution in [2.75, 3.05) is 7.11 Å². The molecule has 0 aliphatic carbocycles. The second-order valence-corrected chi connectivity index (χ2v) is 6.12. The average Bonchev–Trinajstić information content (AvgIpc) is 2.90. The summed E-state index contributed by atoms with van der Waals surface area (Å²) in [4.78, 5) is 12.5. The zero-order valence-corrected chi connectivity index (χ0v) is 14.5. The van der Waals surface area contributed by atoms with Crippen LogP contribution >= 0.6 is 11.6 Å². The highest BCUT2D eigenvalue weighted by Gasteiger charge is 2.19. The first-order valence-electron chi connectivity index (χ1n) is 7.60. The van der Waals surface area contributed by atoms with Gasteiger partial charge in [0.1, 0.15) is 5.75 Å². The third-order valence-corrected chi connectivity index (χ3v) is 4.21. The first-order chi connectivity index (χ1) is 11.5. The second-order valence-electron chi connectivity index (χ2n) is 5.71. The van der Waals surface area contributed by atoms with Gasteiger partial charge < -0.3 is 14.5 Å². The summed E-state index contributed by atoms with van der Waals surface area (Å²) in [7, 11) is 1.61. The minimum absolute atomic E-state index is 0.264. The lowest BCUT2D eigenvalue weighted by Gasteiger charge is -2.06. The molecule has 1 N–H and O–H groups in total. The third-order valence-electron chi connectivity index (χ3n) is 3.93. The van der Waals surface area contributed by atoms with E-state index >= 15 is 0 Å². The fraction of sp³-hybridized carbons (Fsp3) is 0.211. The predicted octanol–water partition coefficient (Wildman–Crippen LogP) is 4.64. The van der Waals surface area contributed by atoms with Crippen LogP contribution in [0.15, 0.2) is 40.8 Å². The Hall–Kier alpha value is -2.46. The van der Waals surface area contributed by atoms with E-state index in [9.17, 15) is 4.79 Å². The van der Waals surface area contributed by atoms with E-state index in [4.69, 9.17) is 20.8 Å². The molecule has 0 aliphatic heterocycles. The van der Waals surface area contributed by atoms with Crippen molar-refractivity contribution in [1.82, 2.24) is 5.32 Å². The van der Waals surface area contributed by atoms with Gasteiger partial charge in [-0.15, -0.1) is 0 Å². The summed E-state index contributed by atoms with van der Waals surface area (Å²) >= 11 is 6.22. The number of halogens is 1. The zero-order chi connectivity index (χ0) is 17.3. The Morgan fingerprint density at radius 3 is 2.79 bits per heavy atom. The predicted molar refractivity (Wildman–Crippen MR) is 94.9 cm³/mol. The molecule has 0 saturated carbocycles. The maximum absolute atomic E-state index is 12.5. The smallest absolute Gasteiger partial charge is 0.287 e. The molecule has 3 aromatic rings. The molecular formula is C19H18ClNO3. The van der Waals surface area contributed by atoms with Gasteiger partial charge in [0.2, 0.25) is 0 Å². The monoisotopic (exact) mass is 343 g/mol. The largest absolute Gasteiger partial charge is 0.497 e. The maximum atomic E-state index is 12.5. The van der Waals surface area contributed by atoms with Gasteiger partial charge in [0.15, 0.2) is 11.3 Å². The number of furan rings is 1. The Balaban J connectivity index is 1.83. The quantitative estimate of drug-likeness (QED) is 0.750. The third kappa shape index (κ3) is 3.10. The van der Waals surface area contributed by atoms with Crippen molar-refractivity contribution in [3.8, 4) is 5.75 Å². The second kappa shape index (κ2) is 6.57. The number of fused-ring (bicyclic) bond motifs is 1. The number of aryl methyl sites for hydroxylation is 2. The Labute approximate surface area is 145 Å². The molecule has 24 heavy (non-hydrogen) atoms. The average molecular weight is 344 g/mol. The molecule has 0 bridgehead atoms. The normalized spacial score (nSPS) is 10.8. The Morgan fingerprint density at radius 1 is 1.25 bits per heavy atom. The van der Waals surface area contributed by atoms with E-state index in [2.05, 4.69) is 5.32 Å². The molecule has 0 fully saturated rings. The van der Waals surface area contributed by atoms with Crippen LogP contribution in [0.5, 0.6) is 5.75 Å². The topological polar surface area (TPSA) is 51.5 Å². The zero-order valence-electron chi connectivity index (χ0n) is 13.8. The number of carbonyl (C=O) groups excluding carboxylic acids is 1. The number of rotatable bonds is 4. The van der Waals surface area contributed by atoms with E-state index in [1.54, 1.807) is 7.11 Å². The van der Waals surface area contributed by atoms with Crippen LogP contribution < -0.4 is 10.1 Å². The molecular weight excluding hydrogens is 326 g/mol. The number of nitrogens with one attached hydrogen (secondary N) is 1. The molecule has 1 aromatic heterocycles. The molecule has 1 heterocycles. The number of carbonyl (C=O) groups is 1. The van der Waals surface area contributed by atoms with Crippen LogP contribution in [0, 0.1) is 13.8 Å². The van der Waals surface area contributed by atoms with Gasteiger partial charge in [-0.2, -0.15) is 0 Å². The van der Waals surface area contributed by atoms with E-state index < -0.39 is 0 Å². The molecule has 0 radical (unpaired) electrons. The lowest BCUT2D eigenvalue weighted by Crippen LogP contribution is -2.22. The Morgan fingerprint density at radius 2 is 2.04 bits per heavy atom. The van der Waals surface area contributed by atoms with Gasteiger partial charge >= 0.3 is 0 Å². The van der Waals surface area contributed by atoms with Crippen molar-refractivity contribution < 1.29 is 13.9 Å². The fourth-order valence-electron chi connectivity index (χ4n) is 2.67. The van der Waals surface area contributed by atoms with Crippen molar-refractivity contribution in [3.05, 3.63) is 63.9 Å². The SMILES string of the molecule is COc1cccc(CNC(=O)c2oc3c(Cl)cc(C)cc3c2C)c1. The summed E-state index contributed by atoms with van der Waals surface area (Å²) < 4.78 is 10.9. The van der Waals surface area contributed by atoms with Crippen molar-refractivity contribution in [3.63, 3.8) is 0 Å². The molecule has 0 spiro atoms. The molecule has 0 saturated heterocycles. The summed E-state index contributed by atoms with van der Waals surface area (Å²) in [6.45, 7) is 4.21. The van der Waals surface area contributed by atoms with E-state index in [1.165, 1.54) is 0 Å². The molecule has 124 valence electrons. The molecule has 2 aromatic carbocycles. The highest BCUT2D eigenvalue weighted by molar-refractivity contribution is 6.35. The minimum Gasteiger partial charge on any atom is -0.497 e. The summed E-state index contributed by atoms with van der Waals surface area (Å²) in [6, 6.07) is 11.3. The van der Waals surface area contributed by atoms with Crippen LogP contribution in [0.4, 0.5) is 0 Å². The number of amides is 1. The van der Waals surface area contributed by atoms with Crippen LogP contribution in [0.25, 0.3) is 11.0 Å². The van der Waals surface area contributed by atoms with Crippen LogP contribution in [0.3, 0.4) is 0 Å². The molecule has 0 unspecified atom stereocenters. The highest BCUT2D eigenvalue weighted by atomic mass is 35.5. The summed E-state index contributed by atoms with van der Waals surface area (Å²) in [5.41, 5.74) is 3.31. The van der Waals surface area contributed by atoms with E-state index in [-0.39, 0.29) is 5.91 Å². The molecule has 5 heteroatoms. The number of hydrogen-bond acceptors (Lipinski definition) is 3. The standard InChI is InChI=1S/C19H18ClNO3/c1-11-7-15-12(2)17(24-18(15)16(20)8-11)19(22)21-10-13-5-4-6-14(9-13)23-3/h4-9H,10H2,1-3H3,(H,21,22). The fourth-order valence-corrected chi connectivity index (χ4v) is 2.99. The van der Waals surface area contributed by atoms with Crippen molar-refractivity contribution in [2.45, 2.75) is 20.4 Å². The summed E-state index contributed by atoms with van der Waals surface area (Å²) in [6.07, 6.45) is 0. The molecule has 0 aliphatic rings. The van der Waals surface area contributed by atoms with Gasteiger partial charge in [0.25, 0.3) is 5.91 Å². The maximum Gasteiger partial charge on any atom is 0.287 e. The lowest BCUT2D eigenvalue weighted by atomic mass is 10.1. The Kier molecular flexibility index (Phi) is 4.49. The number of hydrogen-bond donors (Lipinski definition) is 1. The molecule has 1 amide bonds. The molecule has 4 nitrogen and oxygen atoms in total. The van der Waals surface area contributed by atoms with Gasteiger partial charge in [-0.1, -0.05) is 23.7 Å². The van der Waals surface area contributed by atoms with Gasteiger partial charge in [-0.25, -0.2) is 0 Å². The lowest BCUT2D eigenvalue weighted by molar-refractivity contribution is 0.0924. The first-order valence-corrected chi connectivity index (χ1v) is 7.97. The number of benzene rings is 2. The van der Waals surface area contributed by atoms with E-state index in [0.717, 1.165) is 27.8 Å². The summed E-state index contributed by atoms with van der Waals surface area (Å²) in [5, 5.41) is 4.25. The minimum atomic E-state index is -0.264. The van der Waals surface area contributed by atoms with Gasteiger partial charge in [0.05, 0.1) is 12.1 Å². The highest BCUT2D eigenvalue weighted by Crippen LogP contribution is 2.32. The number of methoxy groups -OCH3 is 1. The summed E-state index contributed by atoms with van der Waals surface area (Å²) in [5.74, 6) is 0.782. The van der Waals surface area contributed by atoms with Crippen LogP contribution in [-0.4, -0.2) is 13.0 Å². The van der Waals surface area contributed by atoms with Crippen molar-refractivity contribution in [1.29, 1.82) is 0 Å². The molecule has 3 rings (SSSR count). The van der Waals surface area contributed by atoms with Gasteiger partial charge in [-0.05, 0) is 49.2 Å². The van der Waals surface area contributed by atoms with Crippen LogP contribution in [-0.2, 0) is 6.54 Å². The van der Waals surface area contributed by atoms with E-state index in [0.29, 0.717) is 22.9 Å². The number of ether oxygens (including phenoxy) is 1. The van der Waals surface area contributed by atoms with Crippen molar-refractivity contribution >= 4 is 28.5 Å². The van der Waals surface area contributed by atoms with Gasteiger partial charge in [0, 0.05) is 17.5 Å².